The average molecular weight is 581 g/mol. The van der Waals surface area contributed by atoms with Crippen LogP contribution in [0.2, 0.25) is 0 Å². The van der Waals surface area contributed by atoms with Crippen molar-refractivity contribution in [3.05, 3.63) is 67.2 Å². The van der Waals surface area contributed by atoms with Crippen molar-refractivity contribution in [3.8, 4) is 0 Å². The SMILES string of the molecule is C=CCOC(=O)NC[C@H]1CN(c2ccc(N3CCN(C(=O)CNC(=O)c4cn5ccncc5n4)CC3)c(F)c2)C(=O)O1. The lowest BCUT2D eigenvalue weighted by Crippen LogP contribution is -2.51. The van der Waals surface area contributed by atoms with Gasteiger partial charge in [-0.2, -0.15) is 0 Å². The third kappa shape index (κ3) is 6.40. The number of anilines is 2. The fourth-order valence-electron chi connectivity index (χ4n) is 4.65. The van der Waals surface area contributed by atoms with E-state index in [9.17, 15) is 19.2 Å². The summed E-state index contributed by atoms with van der Waals surface area (Å²) in [6, 6.07) is 4.46. The van der Waals surface area contributed by atoms with E-state index in [4.69, 9.17) is 9.47 Å². The number of hydrogen-bond donors (Lipinski definition) is 2. The number of imidazole rings is 1. The molecule has 220 valence electrons. The Morgan fingerprint density at radius 3 is 2.74 bits per heavy atom. The highest BCUT2D eigenvalue weighted by molar-refractivity contribution is 5.95. The monoisotopic (exact) mass is 580 g/mol. The maximum atomic E-state index is 15.1. The topological polar surface area (TPSA) is 151 Å². The van der Waals surface area contributed by atoms with Crippen molar-refractivity contribution in [3.63, 3.8) is 0 Å². The third-order valence-electron chi connectivity index (χ3n) is 6.79. The lowest BCUT2D eigenvalue weighted by Gasteiger charge is -2.36. The van der Waals surface area contributed by atoms with Crippen LogP contribution in [0.4, 0.5) is 25.4 Å². The van der Waals surface area contributed by atoms with E-state index in [0.717, 1.165) is 0 Å². The number of carbonyl (C=O) groups excluding carboxylic acids is 4. The molecule has 2 aliphatic heterocycles. The molecule has 0 aliphatic carbocycles. The van der Waals surface area contributed by atoms with Crippen LogP contribution in [0.5, 0.6) is 0 Å². The zero-order chi connectivity index (χ0) is 29.6. The second-order valence-corrected chi connectivity index (χ2v) is 9.54. The number of hydrogen-bond acceptors (Lipinski definition) is 9. The number of halogens is 1. The number of nitrogens with zero attached hydrogens (tertiary/aromatic N) is 6. The Balaban J connectivity index is 1.09. The molecule has 2 aliphatic rings. The number of nitrogens with one attached hydrogen (secondary N) is 2. The molecule has 1 aromatic carbocycles. The van der Waals surface area contributed by atoms with Crippen LogP contribution in [0.1, 0.15) is 10.5 Å². The van der Waals surface area contributed by atoms with Crippen LogP contribution >= 0.6 is 0 Å². The summed E-state index contributed by atoms with van der Waals surface area (Å²) in [6.45, 7) is 4.96. The summed E-state index contributed by atoms with van der Waals surface area (Å²) in [5.41, 5.74) is 1.37. The zero-order valence-corrected chi connectivity index (χ0v) is 22.6. The second kappa shape index (κ2) is 12.5. The van der Waals surface area contributed by atoms with Gasteiger partial charge in [-0.15, -0.1) is 0 Å². The number of carbonyl (C=O) groups is 4. The Hall–Kier alpha value is -5.21. The molecule has 0 saturated carbocycles. The maximum Gasteiger partial charge on any atom is 0.414 e. The largest absolute Gasteiger partial charge is 0.445 e. The van der Waals surface area contributed by atoms with Gasteiger partial charge in [0.15, 0.2) is 5.65 Å². The number of benzene rings is 1. The number of alkyl carbamates (subject to hydrolysis) is 1. The molecule has 0 spiro atoms. The van der Waals surface area contributed by atoms with Crippen molar-refractivity contribution in [2.45, 2.75) is 6.10 Å². The molecule has 2 aromatic heterocycles. The number of aromatic nitrogens is 3. The van der Waals surface area contributed by atoms with Crippen LogP contribution in [0.15, 0.2) is 55.6 Å². The molecule has 42 heavy (non-hydrogen) atoms. The lowest BCUT2D eigenvalue weighted by molar-refractivity contribution is -0.130. The molecule has 2 fully saturated rings. The van der Waals surface area contributed by atoms with E-state index in [-0.39, 0.29) is 37.8 Å². The van der Waals surface area contributed by atoms with E-state index in [1.54, 1.807) is 40.0 Å². The van der Waals surface area contributed by atoms with Gasteiger partial charge in [-0.3, -0.25) is 19.5 Å². The van der Waals surface area contributed by atoms with E-state index in [2.05, 4.69) is 27.2 Å². The minimum absolute atomic E-state index is 0.0453. The Morgan fingerprint density at radius 1 is 1.19 bits per heavy atom. The normalized spacial score (nSPS) is 16.7. The number of amides is 4. The molecule has 0 radical (unpaired) electrons. The molecule has 0 bridgehead atoms. The van der Waals surface area contributed by atoms with Crippen molar-refractivity contribution in [2.75, 3.05) is 62.2 Å². The first kappa shape index (κ1) is 28.3. The van der Waals surface area contributed by atoms with E-state index in [0.29, 0.717) is 43.2 Å². The molecule has 5 rings (SSSR count). The lowest BCUT2D eigenvalue weighted by atomic mass is 10.2. The molecule has 3 aromatic rings. The number of cyclic esters (lactones) is 1. The maximum absolute atomic E-state index is 15.1. The van der Waals surface area contributed by atoms with Crippen LogP contribution in [-0.4, -0.2) is 102 Å². The Kier molecular flexibility index (Phi) is 8.45. The highest BCUT2D eigenvalue weighted by atomic mass is 19.1. The van der Waals surface area contributed by atoms with Gasteiger partial charge in [0, 0.05) is 44.8 Å². The van der Waals surface area contributed by atoms with Crippen molar-refractivity contribution in [2.24, 2.45) is 0 Å². The minimum atomic E-state index is -0.660. The predicted octanol–water partition coefficient (Wildman–Crippen LogP) is 1.18. The van der Waals surface area contributed by atoms with Gasteiger partial charge in [-0.1, -0.05) is 12.7 Å². The van der Waals surface area contributed by atoms with E-state index in [1.807, 2.05) is 4.90 Å². The van der Waals surface area contributed by atoms with Gasteiger partial charge >= 0.3 is 12.2 Å². The van der Waals surface area contributed by atoms with Crippen molar-refractivity contribution in [1.29, 1.82) is 0 Å². The molecule has 14 nitrogen and oxygen atoms in total. The zero-order valence-electron chi connectivity index (χ0n) is 22.6. The molecule has 2 saturated heterocycles. The highest BCUT2D eigenvalue weighted by Crippen LogP contribution is 2.28. The number of rotatable bonds is 9. The predicted molar refractivity (Wildman–Crippen MR) is 148 cm³/mol. The summed E-state index contributed by atoms with van der Waals surface area (Å²) in [7, 11) is 0. The smallest absolute Gasteiger partial charge is 0.414 e. The van der Waals surface area contributed by atoms with Crippen LogP contribution in [0.25, 0.3) is 5.65 Å². The molecule has 2 N–H and O–H groups in total. The summed E-state index contributed by atoms with van der Waals surface area (Å²) in [5.74, 6) is -1.25. The van der Waals surface area contributed by atoms with Crippen molar-refractivity contribution in [1.82, 2.24) is 29.9 Å². The van der Waals surface area contributed by atoms with Crippen molar-refractivity contribution < 1.29 is 33.0 Å². The van der Waals surface area contributed by atoms with E-state index >= 15 is 4.39 Å². The van der Waals surface area contributed by atoms with Crippen LogP contribution in [-0.2, 0) is 14.3 Å². The highest BCUT2D eigenvalue weighted by Gasteiger charge is 2.33. The summed E-state index contributed by atoms with van der Waals surface area (Å²) < 4.78 is 26.9. The first-order valence-corrected chi connectivity index (χ1v) is 13.2. The Bertz CT molecular complexity index is 1470. The van der Waals surface area contributed by atoms with Crippen LogP contribution in [0, 0.1) is 5.82 Å². The first-order chi connectivity index (χ1) is 20.3. The standard InChI is InChI=1S/C27H29FN8O6/c1-2-11-41-26(39)31-13-19-16-36(27(40)42-19)18-3-4-22(20(28)12-18)33-7-9-34(10-8-33)24(37)15-30-25(38)21-17-35-6-5-29-14-23(35)32-21/h2-6,12,14,17,19H,1,7-11,13,15-16H2,(H,30,38)(H,31,39)/t19-/m0/s1. The van der Waals surface area contributed by atoms with Crippen LogP contribution in [0.3, 0.4) is 0 Å². The summed E-state index contributed by atoms with van der Waals surface area (Å²) in [6.07, 6.45) is 5.83. The van der Waals surface area contributed by atoms with Gasteiger partial charge in [-0.25, -0.2) is 19.0 Å². The molecule has 0 unspecified atom stereocenters. The van der Waals surface area contributed by atoms with Gasteiger partial charge in [0.1, 0.15) is 24.2 Å². The Morgan fingerprint density at radius 2 is 2.00 bits per heavy atom. The Labute approximate surface area is 239 Å². The van der Waals surface area contributed by atoms with Crippen molar-refractivity contribution >= 4 is 41.0 Å². The number of piperazine rings is 1. The molecular formula is C27H29FN8O6. The fraction of sp³-hybridized carbons (Fsp3) is 0.333. The average Bonchev–Trinajstić information content (AvgIpc) is 3.61. The third-order valence-corrected chi connectivity index (χ3v) is 6.79. The molecule has 4 amide bonds. The quantitative estimate of drug-likeness (QED) is 0.356. The van der Waals surface area contributed by atoms with Gasteiger partial charge in [0.05, 0.1) is 37.2 Å². The molecule has 4 heterocycles. The number of ether oxygens (including phenoxy) is 2. The summed E-state index contributed by atoms with van der Waals surface area (Å²) in [5, 5.41) is 5.10. The fourth-order valence-corrected chi connectivity index (χ4v) is 4.65. The van der Waals surface area contributed by atoms with Gasteiger partial charge in [0.25, 0.3) is 5.91 Å². The minimum Gasteiger partial charge on any atom is -0.445 e. The van der Waals surface area contributed by atoms with Gasteiger partial charge in [0.2, 0.25) is 5.91 Å². The summed E-state index contributed by atoms with van der Waals surface area (Å²) >= 11 is 0. The molecular weight excluding hydrogens is 551 g/mol. The van der Waals surface area contributed by atoms with Gasteiger partial charge in [-0.05, 0) is 18.2 Å². The van der Waals surface area contributed by atoms with Crippen LogP contribution < -0.4 is 20.4 Å². The molecule has 15 heteroatoms. The summed E-state index contributed by atoms with van der Waals surface area (Å²) in [4.78, 5) is 62.0. The first-order valence-electron chi connectivity index (χ1n) is 13.2. The van der Waals surface area contributed by atoms with E-state index < -0.39 is 30.0 Å². The second-order valence-electron chi connectivity index (χ2n) is 9.54. The number of fused-ring (bicyclic) bond motifs is 1. The molecule has 1 atom stereocenters. The van der Waals surface area contributed by atoms with E-state index in [1.165, 1.54) is 23.2 Å². The van der Waals surface area contributed by atoms with Gasteiger partial charge < -0.3 is 34.3 Å².